The molecule has 0 fully saturated rings. The van der Waals surface area contributed by atoms with E-state index in [1.54, 1.807) is 0 Å². The summed E-state index contributed by atoms with van der Waals surface area (Å²) in [6, 6.07) is 22.1. The zero-order valence-electron chi connectivity index (χ0n) is 11.5. The highest BCUT2D eigenvalue weighted by atomic mass is 16.5. The molecule has 0 spiro atoms. The largest absolute Gasteiger partial charge is 0.496 e. The topological polar surface area (TPSA) is 15.2 Å². The normalized spacial score (nSPS) is 14.1. The van der Waals surface area contributed by atoms with Crippen molar-refractivity contribution in [2.24, 2.45) is 0 Å². The molecule has 0 saturated heterocycles. The van der Waals surface area contributed by atoms with E-state index in [4.69, 9.17) is 4.74 Å². The van der Waals surface area contributed by atoms with Gasteiger partial charge in [0, 0.05) is 12.1 Å². The van der Waals surface area contributed by atoms with E-state index >= 15 is 0 Å². The molecule has 0 unspecified atom stereocenters. The molecule has 3 heteroatoms. The van der Waals surface area contributed by atoms with Crippen LogP contribution >= 0.6 is 0 Å². The van der Waals surface area contributed by atoms with Crippen LogP contribution in [0.25, 0.3) is 10.8 Å². The number of para-hydroxylation sites is 1. The fraction of sp³-hybridized carbons (Fsp3) is 0.0556. The lowest BCUT2D eigenvalue weighted by Gasteiger charge is -2.13. The van der Waals surface area contributed by atoms with Crippen LogP contribution in [0.4, 0.5) is 17.1 Å². The molecule has 0 bridgehead atoms. The lowest BCUT2D eigenvalue weighted by atomic mass is 10.1. The third-order valence-corrected chi connectivity index (χ3v) is 4.10. The number of ether oxygens (including phenoxy) is 1. The Balaban J connectivity index is 1.90. The van der Waals surface area contributed by atoms with Gasteiger partial charge in [-0.15, -0.1) is 0 Å². The Kier molecular flexibility index (Phi) is 1.86. The Hall–Kier alpha value is -2.90. The first-order chi connectivity index (χ1) is 10.3. The summed E-state index contributed by atoms with van der Waals surface area (Å²) in [5.74, 6) is 1.76. The Morgan fingerprint density at radius 3 is 2.52 bits per heavy atom. The monoisotopic (exact) mass is 272 g/mol. The third-order valence-electron chi connectivity index (χ3n) is 4.10. The minimum atomic E-state index is 0.876. The molecule has 3 aromatic rings. The SMILES string of the molecule is C[N+]1=C=[N+]2c3cc4ccccc4cc3Oc3cccc1c32. The zero-order chi connectivity index (χ0) is 14.0. The molecule has 2 aliphatic heterocycles. The van der Waals surface area contributed by atoms with Gasteiger partial charge in [-0.25, -0.2) is 0 Å². The van der Waals surface area contributed by atoms with Crippen molar-refractivity contribution in [3.63, 3.8) is 0 Å². The van der Waals surface area contributed by atoms with Crippen LogP contribution in [0.1, 0.15) is 0 Å². The third kappa shape index (κ3) is 1.33. The number of rotatable bonds is 0. The summed E-state index contributed by atoms with van der Waals surface area (Å²) in [6.45, 7) is 0. The molecule has 3 nitrogen and oxygen atoms in total. The van der Waals surface area contributed by atoms with Crippen LogP contribution in [0.15, 0.2) is 54.6 Å². The van der Waals surface area contributed by atoms with Crippen molar-refractivity contribution in [2.45, 2.75) is 0 Å². The molecule has 5 rings (SSSR count). The summed E-state index contributed by atoms with van der Waals surface area (Å²) in [5, 5.41) is 2.39. The van der Waals surface area contributed by atoms with Gasteiger partial charge >= 0.3 is 11.7 Å². The highest BCUT2D eigenvalue weighted by molar-refractivity contribution is 5.92. The van der Waals surface area contributed by atoms with Gasteiger partial charge in [-0.05, 0) is 27.5 Å². The number of fused-ring (bicyclic) bond motifs is 3. The first kappa shape index (κ1) is 10.8. The van der Waals surface area contributed by atoms with Gasteiger partial charge in [0.05, 0.1) is 0 Å². The number of nitrogens with zero attached hydrogens (tertiary/aromatic N) is 2. The van der Waals surface area contributed by atoms with Gasteiger partial charge in [0.25, 0.3) is 11.4 Å². The standard InChI is InChI=1S/C18H12N2O/c1-19-11-20-15-9-12-5-2-3-6-13(12)10-17(15)21-16-8-4-7-14(19)18(16)20/h2-10H,1H3/q+2. The molecule has 0 aromatic heterocycles. The van der Waals surface area contributed by atoms with Crippen molar-refractivity contribution >= 4 is 33.8 Å². The predicted octanol–water partition coefficient (Wildman–Crippen LogP) is 4.24. The van der Waals surface area contributed by atoms with Crippen molar-refractivity contribution in [2.75, 3.05) is 7.05 Å². The van der Waals surface area contributed by atoms with E-state index in [-0.39, 0.29) is 0 Å². The van der Waals surface area contributed by atoms with Crippen LogP contribution in [-0.2, 0) is 0 Å². The first-order valence-corrected chi connectivity index (χ1v) is 6.95. The van der Waals surface area contributed by atoms with Gasteiger partial charge in [-0.1, -0.05) is 34.9 Å². The molecule has 0 atom stereocenters. The van der Waals surface area contributed by atoms with E-state index in [0.717, 1.165) is 28.6 Å². The summed E-state index contributed by atoms with van der Waals surface area (Å²) < 4.78 is 10.2. The Morgan fingerprint density at radius 2 is 1.67 bits per heavy atom. The second-order valence-corrected chi connectivity index (χ2v) is 5.39. The second kappa shape index (κ2) is 3.60. The molecule has 0 radical (unpaired) electrons. The predicted molar refractivity (Wildman–Crippen MR) is 82.8 cm³/mol. The molecule has 2 heterocycles. The molecule has 0 amide bonds. The molecule has 0 N–H and O–H groups in total. The van der Waals surface area contributed by atoms with Gasteiger partial charge in [-0.2, -0.15) is 0 Å². The Labute approximate surface area is 121 Å². The molecule has 2 aliphatic rings. The maximum Gasteiger partial charge on any atom is 0.496 e. The fourth-order valence-electron chi connectivity index (χ4n) is 3.10. The van der Waals surface area contributed by atoms with Crippen LogP contribution in [-0.4, -0.2) is 17.6 Å². The van der Waals surface area contributed by atoms with Crippen LogP contribution in [0.2, 0.25) is 0 Å². The highest BCUT2D eigenvalue weighted by Crippen LogP contribution is 2.50. The Morgan fingerprint density at radius 1 is 0.857 bits per heavy atom. The molecule has 3 aromatic carbocycles. The van der Waals surface area contributed by atoms with Gasteiger partial charge < -0.3 is 4.74 Å². The van der Waals surface area contributed by atoms with E-state index in [1.165, 1.54) is 10.8 Å². The van der Waals surface area contributed by atoms with Gasteiger partial charge in [0.1, 0.15) is 0 Å². The quantitative estimate of drug-likeness (QED) is 0.437. The zero-order valence-corrected chi connectivity index (χ0v) is 11.5. The molecule has 21 heavy (non-hydrogen) atoms. The van der Waals surface area contributed by atoms with Gasteiger partial charge in [0.15, 0.2) is 7.05 Å². The second-order valence-electron chi connectivity index (χ2n) is 5.39. The van der Waals surface area contributed by atoms with Crippen LogP contribution in [0, 0.1) is 0 Å². The van der Waals surface area contributed by atoms with Crippen molar-refractivity contribution in [3.8, 4) is 11.5 Å². The summed E-state index contributed by atoms with van der Waals surface area (Å²) in [7, 11) is 2.01. The average molecular weight is 272 g/mol. The lowest BCUT2D eigenvalue weighted by molar-refractivity contribution is -0.394. The number of benzene rings is 3. The molecule has 0 saturated carbocycles. The lowest BCUT2D eigenvalue weighted by Crippen LogP contribution is -2.07. The summed E-state index contributed by atoms with van der Waals surface area (Å²) in [4.78, 5) is 0. The van der Waals surface area contributed by atoms with E-state index in [0.29, 0.717) is 0 Å². The minimum absolute atomic E-state index is 0.876. The van der Waals surface area contributed by atoms with Crippen molar-refractivity contribution in [1.82, 2.24) is 4.58 Å². The number of hydrogen-bond donors (Lipinski definition) is 0. The van der Waals surface area contributed by atoms with E-state index in [2.05, 4.69) is 47.0 Å². The maximum absolute atomic E-state index is 6.12. The molecular weight excluding hydrogens is 260 g/mol. The molecular formula is C18H12N2O+2. The fourth-order valence-corrected chi connectivity index (χ4v) is 3.10. The van der Waals surface area contributed by atoms with Crippen LogP contribution in [0.5, 0.6) is 11.5 Å². The van der Waals surface area contributed by atoms with E-state index < -0.39 is 0 Å². The van der Waals surface area contributed by atoms with Gasteiger partial charge in [-0.3, -0.25) is 0 Å². The maximum atomic E-state index is 6.12. The van der Waals surface area contributed by atoms with Crippen LogP contribution < -0.4 is 9.31 Å². The van der Waals surface area contributed by atoms with Crippen molar-refractivity contribution in [1.29, 1.82) is 0 Å². The Bertz CT molecular complexity index is 1010. The molecule has 0 aliphatic carbocycles. The average Bonchev–Trinajstić information content (AvgIpc) is 2.85. The summed E-state index contributed by atoms with van der Waals surface area (Å²) in [5.41, 5.74) is 3.23. The van der Waals surface area contributed by atoms with E-state index in [1.807, 2.05) is 29.8 Å². The van der Waals surface area contributed by atoms with Crippen molar-refractivity contribution in [3.05, 3.63) is 54.6 Å². The molecule has 98 valence electrons. The highest BCUT2D eigenvalue weighted by Gasteiger charge is 2.42. The summed E-state index contributed by atoms with van der Waals surface area (Å²) in [6.07, 6.45) is 0. The summed E-state index contributed by atoms with van der Waals surface area (Å²) >= 11 is 0. The number of hydrogen-bond acceptors (Lipinski definition) is 1. The van der Waals surface area contributed by atoms with E-state index in [9.17, 15) is 0 Å². The minimum Gasteiger partial charge on any atom is -0.443 e. The van der Waals surface area contributed by atoms with Crippen molar-refractivity contribution < 1.29 is 9.31 Å². The van der Waals surface area contributed by atoms with Crippen LogP contribution in [0.3, 0.4) is 0 Å². The smallest absolute Gasteiger partial charge is 0.443 e. The van der Waals surface area contributed by atoms with Gasteiger partial charge in [0.2, 0.25) is 11.5 Å². The first-order valence-electron chi connectivity index (χ1n) is 6.95.